The van der Waals surface area contributed by atoms with E-state index in [1.165, 1.54) is 0 Å². The van der Waals surface area contributed by atoms with Crippen molar-refractivity contribution in [2.45, 2.75) is 6.92 Å². The van der Waals surface area contributed by atoms with Crippen molar-refractivity contribution in [3.8, 4) is 5.75 Å². The minimum Gasteiger partial charge on any atom is -0.495 e. The van der Waals surface area contributed by atoms with Gasteiger partial charge in [-0.05, 0) is 19.1 Å². The lowest BCUT2D eigenvalue weighted by molar-refractivity contribution is 0.415. The Balaban J connectivity index is 2.96. The van der Waals surface area contributed by atoms with Gasteiger partial charge in [0.1, 0.15) is 5.75 Å². The molecule has 0 aliphatic rings. The molecule has 66 valence electrons. The Kier molecular flexibility index (Phi) is 2.97. The van der Waals surface area contributed by atoms with Crippen molar-refractivity contribution < 1.29 is 4.74 Å². The van der Waals surface area contributed by atoms with Gasteiger partial charge in [0, 0.05) is 13.6 Å². The maximum absolute atomic E-state index is 5.23. The molecule has 0 unspecified atom stereocenters. The quantitative estimate of drug-likeness (QED) is 0.680. The van der Waals surface area contributed by atoms with Gasteiger partial charge in [-0.1, -0.05) is 12.1 Å². The van der Waals surface area contributed by atoms with E-state index in [0.717, 1.165) is 18.0 Å². The van der Waals surface area contributed by atoms with E-state index in [-0.39, 0.29) is 0 Å². The van der Waals surface area contributed by atoms with Crippen LogP contribution in [0.5, 0.6) is 5.75 Å². The van der Waals surface area contributed by atoms with Gasteiger partial charge >= 0.3 is 0 Å². The molecule has 0 fully saturated rings. The van der Waals surface area contributed by atoms with E-state index in [0.29, 0.717) is 0 Å². The van der Waals surface area contributed by atoms with Crippen LogP contribution in [0.2, 0.25) is 0 Å². The standard InChI is InChI=1S/C10H15NO/c1-4-11(2)9-7-5-6-8-10(9)12-3/h5-8H,4H2,1-3H3. The number of methoxy groups -OCH3 is 1. The van der Waals surface area contributed by atoms with Crippen molar-refractivity contribution in [2.75, 3.05) is 25.6 Å². The van der Waals surface area contributed by atoms with E-state index in [4.69, 9.17) is 4.74 Å². The first-order valence-electron chi connectivity index (χ1n) is 4.13. The second-order valence-corrected chi connectivity index (χ2v) is 2.69. The summed E-state index contributed by atoms with van der Waals surface area (Å²) >= 11 is 0. The SMILES string of the molecule is CCN(C)c1ccccc1OC. The summed E-state index contributed by atoms with van der Waals surface area (Å²) in [6.45, 7) is 3.10. The second-order valence-electron chi connectivity index (χ2n) is 2.69. The van der Waals surface area contributed by atoms with Gasteiger partial charge < -0.3 is 9.64 Å². The molecule has 0 spiro atoms. The van der Waals surface area contributed by atoms with Crippen LogP contribution in [-0.4, -0.2) is 20.7 Å². The topological polar surface area (TPSA) is 12.5 Å². The van der Waals surface area contributed by atoms with Gasteiger partial charge in [-0.25, -0.2) is 0 Å². The third-order valence-electron chi connectivity index (χ3n) is 1.97. The molecule has 0 aliphatic carbocycles. The van der Waals surface area contributed by atoms with E-state index >= 15 is 0 Å². The van der Waals surface area contributed by atoms with Crippen molar-refractivity contribution in [3.63, 3.8) is 0 Å². The Bertz CT molecular complexity index is 247. The van der Waals surface area contributed by atoms with Crippen LogP contribution >= 0.6 is 0 Å². The molecular formula is C10H15NO. The van der Waals surface area contributed by atoms with Gasteiger partial charge in [-0.15, -0.1) is 0 Å². The number of nitrogens with zero attached hydrogens (tertiary/aromatic N) is 1. The van der Waals surface area contributed by atoms with Gasteiger partial charge in [0.05, 0.1) is 12.8 Å². The molecule has 0 saturated heterocycles. The lowest BCUT2D eigenvalue weighted by Gasteiger charge is -2.19. The van der Waals surface area contributed by atoms with Crippen LogP contribution in [0.4, 0.5) is 5.69 Å². The van der Waals surface area contributed by atoms with Crippen LogP contribution in [0.3, 0.4) is 0 Å². The minimum absolute atomic E-state index is 0.932. The summed E-state index contributed by atoms with van der Waals surface area (Å²) in [5.41, 5.74) is 1.14. The number of para-hydroxylation sites is 2. The number of anilines is 1. The molecule has 0 heterocycles. The van der Waals surface area contributed by atoms with E-state index in [2.05, 4.69) is 24.9 Å². The maximum atomic E-state index is 5.23. The Morgan fingerprint density at radius 3 is 2.58 bits per heavy atom. The van der Waals surface area contributed by atoms with Crippen molar-refractivity contribution in [1.29, 1.82) is 0 Å². The summed E-state index contributed by atoms with van der Waals surface area (Å²) in [6, 6.07) is 8.03. The fraction of sp³-hybridized carbons (Fsp3) is 0.400. The number of ether oxygens (including phenoxy) is 1. The lowest BCUT2D eigenvalue weighted by Crippen LogP contribution is -2.16. The fourth-order valence-corrected chi connectivity index (χ4v) is 1.12. The molecule has 1 aromatic carbocycles. The average molecular weight is 165 g/mol. The molecule has 12 heavy (non-hydrogen) atoms. The number of rotatable bonds is 3. The Morgan fingerprint density at radius 2 is 2.00 bits per heavy atom. The zero-order valence-corrected chi connectivity index (χ0v) is 7.87. The van der Waals surface area contributed by atoms with Gasteiger partial charge in [-0.2, -0.15) is 0 Å². The van der Waals surface area contributed by atoms with Crippen LogP contribution < -0.4 is 9.64 Å². The molecule has 0 radical (unpaired) electrons. The highest BCUT2D eigenvalue weighted by Crippen LogP contribution is 2.25. The third kappa shape index (κ3) is 1.70. The van der Waals surface area contributed by atoms with E-state index in [1.54, 1.807) is 7.11 Å². The van der Waals surface area contributed by atoms with Crippen molar-refractivity contribution >= 4 is 5.69 Å². The summed E-state index contributed by atoms with van der Waals surface area (Å²) < 4.78 is 5.23. The molecule has 1 aromatic rings. The predicted molar refractivity (Wildman–Crippen MR) is 51.9 cm³/mol. The van der Waals surface area contributed by atoms with Gasteiger partial charge in [-0.3, -0.25) is 0 Å². The highest BCUT2D eigenvalue weighted by molar-refractivity contribution is 5.57. The lowest BCUT2D eigenvalue weighted by atomic mass is 10.2. The van der Waals surface area contributed by atoms with Crippen molar-refractivity contribution in [1.82, 2.24) is 0 Å². The zero-order chi connectivity index (χ0) is 8.97. The van der Waals surface area contributed by atoms with E-state index < -0.39 is 0 Å². The van der Waals surface area contributed by atoms with Crippen LogP contribution in [0.25, 0.3) is 0 Å². The summed E-state index contributed by atoms with van der Waals surface area (Å²) in [7, 11) is 3.75. The smallest absolute Gasteiger partial charge is 0.142 e. The molecule has 2 nitrogen and oxygen atoms in total. The summed E-state index contributed by atoms with van der Waals surface area (Å²) in [6.07, 6.45) is 0. The van der Waals surface area contributed by atoms with Gasteiger partial charge in [0.25, 0.3) is 0 Å². The fourth-order valence-electron chi connectivity index (χ4n) is 1.12. The average Bonchev–Trinajstić information content (AvgIpc) is 2.16. The van der Waals surface area contributed by atoms with Crippen LogP contribution in [-0.2, 0) is 0 Å². The van der Waals surface area contributed by atoms with Crippen molar-refractivity contribution in [2.24, 2.45) is 0 Å². The Labute approximate surface area is 73.8 Å². The number of hydrogen-bond donors (Lipinski definition) is 0. The van der Waals surface area contributed by atoms with Crippen LogP contribution in [0.1, 0.15) is 6.92 Å². The summed E-state index contributed by atoms with van der Waals surface area (Å²) in [5, 5.41) is 0. The van der Waals surface area contributed by atoms with Gasteiger partial charge in [0.2, 0.25) is 0 Å². The van der Waals surface area contributed by atoms with Crippen LogP contribution in [0, 0.1) is 0 Å². The number of benzene rings is 1. The van der Waals surface area contributed by atoms with Crippen molar-refractivity contribution in [3.05, 3.63) is 24.3 Å². The summed E-state index contributed by atoms with van der Waals surface area (Å²) in [5.74, 6) is 0.932. The number of hydrogen-bond acceptors (Lipinski definition) is 2. The molecule has 0 saturated carbocycles. The Hall–Kier alpha value is -1.18. The molecule has 1 rings (SSSR count). The van der Waals surface area contributed by atoms with E-state index in [1.807, 2.05) is 18.2 Å². The molecule has 0 aromatic heterocycles. The highest BCUT2D eigenvalue weighted by Gasteiger charge is 2.03. The first kappa shape index (κ1) is 8.91. The summed E-state index contributed by atoms with van der Waals surface area (Å²) in [4.78, 5) is 2.15. The first-order valence-corrected chi connectivity index (χ1v) is 4.13. The molecule has 0 aliphatic heterocycles. The molecule has 2 heteroatoms. The third-order valence-corrected chi connectivity index (χ3v) is 1.97. The van der Waals surface area contributed by atoms with E-state index in [9.17, 15) is 0 Å². The largest absolute Gasteiger partial charge is 0.495 e. The first-order chi connectivity index (χ1) is 5.79. The molecular weight excluding hydrogens is 150 g/mol. The van der Waals surface area contributed by atoms with Crippen LogP contribution in [0.15, 0.2) is 24.3 Å². The normalized spacial score (nSPS) is 9.58. The second kappa shape index (κ2) is 4.00. The minimum atomic E-state index is 0.932. The monoisotopic (exact) mass is 165 g/mol. The van der Waals surface area contributed by atoms with Gasteiger partial charge in [0.15, 0.2) is 0 Å². The zero-order valence-electron chi connectivity index (χ0n) is 7.87. The maximum Gasteiger partial charge on any atom is 0.142 e. The predicted octanol–water partition coefficient (Wildman–Crippen LogP) is 2.15. The molecule has 0 bridgehead atoms. The molecule has 0 amide bonds. The molecule has 0 N–H and O–H groups in total. The highest BCUT2D eigenvalue weighted by atomic mass is 16.5. The Morgan fingerprint density at radius 1 is 1.33 bits per heavy atom. The molecule has 0 atom stereocenters.